The Morgan fingerprint density at radius 3 is 2.54 bits per heavy atom. The zero-order valence-electron chi connectivity index (χ0n) is 15.1. The van der Waals surface area contributed by atoms with Crippen molar-refractivity contribution in [3.8, 4) is 11.5 Å². The predicted octanol–water partition coefficient (Wildman–Crippen LogP) is 4.21. The maximum absolute atomic E-state index is 12.3. The topological polar surface area (TPSA) is 59.9 Å². The number of ether oxygens (including phenoxy) is 2. The minimum atomic E-state index is -0.178. The molecule has 1 fully saturated rings. The number of thioether (sulfide) groups is 1. The number of amidine groups is 1. The molecule has 3 rings (SSSR count). The van der Waals surface area contributed by atoms with Crippen molar-refractivity contribution in [2.75, 3.05) is 14.2 Å². The third kappa shape index (κ3) is 3.91. The third-order valence-corrected chi connectivity index (χ3v) is 5.01. The summed E-state index contributed by atoms with van der Waals surface area (Å²) in [4.78, 5) is 17.4. The van der Waals surface area contributed by atoms with Crippen molar-refractivity contribution in [1.29, 1.82) is 0 Å². The maximum Gasteiger partial charge on any atom is 0.264 e. The van der Waals surface area contributed by atoms with Gasteiger partial charge in [0.05, 0.1) is 24.8 Å². The Morgan fingerprint density at radius 1 is 1.04 bits per heavy atom. The van der Waals surface area contributed by atoms with Crippen LogP contribution in [-0.2, 0) is 4.79 Å². The van der Waals surface area contributed by atoms with Crippen molar-refractivity contribution < 1.29 is 14.3 Å². The summed E-state index contributed by atoms with van der Waals surface area (Å²) < 4.78 is 10.6. The molecule has 0 saturated carbocycles. The SMILES string of the molecule is COc1ccc(OC)c(C=C2SC(=Nc3ccc(C)c(C)c3)NC2=O)c1. The highest BCUT2D eigenvalue weighted by atomic mass is 32.2. The zero-order valence-corrected chi connectivity index (χ0v) is 15.9. The van der Waals surface area contributed by atoms with Gasteiger partial charge in [-0.05, 0) is 73.1 Å². The van der Waals surface area contributed by atoms with Crippen LogP contribution in [0.5, 0.6) is 11.5 Å². The van der Waals surface area contributed by atoms with Crippen LogP contribution in [0.25, 0.3) is 6.08 Å². The van der Waals surface area contributed by atoms with Gasteiger partial charge in [-0.3, -0.25) is 4.79 Å². The predicted molar refractivity (Wildman–Crippen MR) is 106 cm³/mol. The molecule has 0 radical (unpaired) electrons. The van der Waals surface area contributed by atoms with E-state index in [1.807, 2.05) is 43.3 Å². The van der Waals surface area contributed by atoms with E-state index in [1.54, 1.807) is 20.3 Å². The number of rotatable bonds is 4. The Hall–Kier alpha value is -2.73. The molecule has 1 aliphatic rings. The van der Waals surface area contributed by atoms with Gasteiger partial charge in [0.2, 0.25) is 0 Å². The fourth-order valence-corrected chi connectivity index (χ4v) is 3.32. The molecule has 0 aromatic heterocycles. The zero-order chi connectivity index (χ0) is 18.7. The number of aliphatic imine (C=N–C) groups is 1. The molecule has 26 heavy (non-hydrogen) atoms. The number of hydrogen-bond donors (Lipinski definition) is 1. The Bertz CT molecular complexity index is 919. The lowest BCUT2D eigenvalue weighted by Crippen LogP contribution is -2.19. The average molecular weight is 368 g/mol. The van der Waals surface area contributed by atoms with E-state index in [0.717, 1.165) is 16.8 Å². The van der Waals surface area contributed by atoms with E-state index in [-0.39, 0.29) is 5.91 Å². The molecule has 1 heterocycles. The summed E-state index contributed by atoms with van der Waals surface area (Å²) >= 11 is 1.31. The molecule has 5 nitrogen and oxygen atoms in total. The van der Waals surface area contributed by atoms with Crippen LogP contribution >= 0.6 is 11.8 Å². The Morgan fingerprint density at radius 2 is 1.85 bits per heavy atom. The van der Waals surface area contributed by atoms with Gasteiger partial charge in [0, 0.05) is 5.56 Å². The molecule has 0 aliphatic carbocycles. The molecule has 1 amide bonds. The molecule has 1 saturated heterocycles. The van der Waals surface area contributed by atoms with Crippen LogP contribution in [0.1, 0.15) is 16.7 Å². The van der Waals surface area contributed by atoms with Gasteiger partial charge in [0.1, 0.15) is 11.5 Å². The fraction of sp³-hybridized carbons (Fsp3) is 0.200. The summed E-state index contributed by atoms with van der Waals surface area (Å²) in [7, 11) is 3.20. The summed E-state index contributed by atoms with van der Waals surface area (Å²) in [5, 5.41) is 3.37. The lowest BCUT2D eigenvalue weighted by Gasteiger charge is -2.07. The molecule has 0 spiro atoms. The second-order valence-electron chi connectivity index (χ2n) is 5.86. The van der Waals surface area contributed by atoms with Crippen molar-refractivity contribution in [3.05, 3.63) is 58.0 Å². The first-order valence-corrected chi connectivity index (χ1v) is 8.90. The van der Waals surface area contributed by atoms with Crippen LogP contribution in [-0.4, -0.2) is 25.3 Å². The monoisotopic (exact) mass is 368 g/mol. The van der Waals surface area contributed by atoms with Crippen LogP contribution in [0, 0.1) is 13.8 Å². The molecule has 1 aliphatic heterocycles. The van der Waals surface area contributed by atoms with Crippen LogP contribution < -0.4 is 14.8 Å². The number of hydrogen-bond acceptors (Lipinski definition) is 5. The molecule has 0 unspecified atom stereocenters. The van der Waals surface area contributed by atoms with E-state index in [4.69, 9.17) is 9.47 Å². The van der Waals surface area contributed by atoms with Gasteiger partial charge in [-0.2, -0.15) is 0 Å². The van der Waals surface area contributed by atoms with Crippen molar-refractivity contribution in [1.82, 2.24) is 5.32 Å². The minimum absolute atomic E-state index is 0.178. The number of aryl methyl sites for hydroxylation is 2. The van der Waals surface area contributed by atoms with Crippen molar-refractivity contribution in [2.45, 2.75) is 13.8 Å². The van der Waals surface area contributed by atoms with Crippen molar-refractivity contribution in [2.24, 2.45) is 4.99 Å². The molecular formula is C20H20N2O3S. The number of carbonyl (C=O) groups excluding carboxylic acids is 1. The first-order chi connectivity index (χ1) is 12.5. The molecule has 0 bridgehead atoms. The molecule has 134 valence electrons. The van der Waals surface area contributed by atoms with Gasteiger partial charge in [-0.15, -0.1) is 0 Å². The first-order valence-electron chi connectivity index (χ1n) is 8.09. The van der Waals surface area contributed by atoms with Crippen molar-refractivity contribution >= 4 is 34.6 Å². The Labute approximate surface area is 157 Å². The van der Waals surface area contributed by atoms with Gasteiger partial charge in [-0.1, -0.05) is 6.07 Å². The molecule has 1 N–H and O–H groups in total. The number of carbonyl (C=O) groups is 1. The summed E-state index contributed by atoms with van der Waals surface area (Å²) in [5.41, 5.74) is 3.97. The lowest BCUT2D eigenvalue weighted by atomic mass is 10.1. The molecule has 0 atom stereocenters. The van der Waals surface area contributed by atoms with E-state index < -0.39 is 0 Å². The third-order valence-electron chi connectivity index (χ3n) is 4.10. The van der Waals surface area contributed by atoms with Crippen LogP contribution in [0.15, 0.2) is 46.3 Å². The quantitative estimate of drug-likeness (QED) is 0.821. The highest BCUT2D eigenvalue weighted by Gasteiger charge is 2.24. The van der Waals surface area contributed by atoms with E-state index in [2.05, 4.69) is 17.2 Å². The fourth-order valence-electron chi connectivity index (χ4n) is 2.49. The van der Waals surface area contributed by atoms with Crippen molar-refractivity contribution in [3.63, 3.8) is 0 Å². The second-order valence-corrected chi connectivity index (χ2v) is 6.89. The number of nitrogens with zero attached hydrogens (tertiary/aromatic N) is 1. The lowest BCUT2D eigenvalue weighted by molar-refractivity contribution is -0.115. The highest BCUT2D eigenvalue weighted by molar-refractivity contribution is 8.18. The number of nitrogens with one attached hydrogen (secondary N) is 1. The Kier molecular flexibility index (Phi) is 5.32. The average Bonchev–Trinajstić information content (AvgIpc) is 2.97. The molecule has 6 heteroatoms. The van der Waals surface area contributed by atoms with Crippen LogP contribution in [0.3, 0.4) is 0 Å². The normalized spacial score (nSPS) is 16.8. The first kappa shape index (κ1) is 18.1. The highest BCUT2D eigenvalue weighted by Crippen LogP contribution is 2.32. The summed E-state index contributed by atoms with van der Waals surface area (Å²) in [6.45, 7) is 4.10. The molecule has 2 aromatic carbocycles. The standard InChI is InChI=1S/C20H20N2O3S/c1-12-5-6-15(9-13(12)2)21-20-22-19(23)18(26-20)11-14-10-16(24-3)7-8-17(14)25-4/h5-11H,1-4H3,(H,21,22,23). The van der Waals surface area contributed by atoms with Crippen LogP contribution in [0.4, 0.5) is 5.69 Å². The largest absolute Gasteiger partial charge is 0.497 e. The summed E-state index contributed by atoms with van der Waals surface area (Å²) in [5.74, 6) is 1.19. The smallest absolute Gasteiger partial charge is 0.264 e. The van der Waals surface area contributed by atoms with Gasteiger partial charge in [0.25, 0.3) is 5.91 Å². The number of methoxy groups -OCH3 is 2. The molecular weight excluding hydrogens is 348 g/mol. The summed E-state index contributed by atoms with van der Waals surface area (Å²) in [6, 6.07) is 11.4. The van der Waals surface area contributed by atoms with Gasteiger partial charge in [-0.25, -0.2) is 4.99 Å². The number of benzene rings is 2. The van der Waals surface area contributed by atoms with E-state index >= 15 is 0 Å². The maximum atomic E-state index is 12.3. The van der Waals surface area contributed by atoms with Gasteiger partial charge in [0.15, 0.2) is 5.17 Å². The van der Waals surface area contributed by atoms with Gasteiger partial charge >= 0.3 is 0 Å². The van der Waals surface area contributed by atoms with E-state index in [0.29, 0.717) is 21.6 Å². The van der Waals surface area contributed by atoms with E-state index in [1.165, 1.54) is 17.3 Å². The van der Waals surface area contributed by atoms with Gasteiger partial charge < -0.3 is 14.8 Å². The minimum Gasteiger partial charge on any atom is -0.497 e. The molecule has 2 aromatic rings. The van der Waals surface area contributed by atoms with Crippen LogP contribution in [0.2, 0.25) is 0 Å². The second kappa shape index (κ2) is 7.66. The summed E-state index contributed by atoms with van der Waals surface area (Å²) in [6.07, 6.45) is 1.78. The number of amides is 1. The Balaban J connectivity index is 1.89. The van der Waals surface area contributed by atoms with E-state index in [9.17, 15) is 4.79 Å².